The number of ether oxygens (including phenoxy) is 2. The minimum atomic E-state index is -0.549. The minimum absolute atomic E-state index is 0.297. The molecule has 3 N–H and O–H groups in total. The predicted octanol–water partition coefficient (Wildman–Crippen LogP) is 5.84. The van der Waals surface area contributed by atoms with Gasteiger partial charge in [0.15, 0.2) is 0 Å². The highest BCUT2D eigenvalue weighted by Gasteiger charge is 2.27. The molecular weight excluding hydrogens is 516 g/mol. The molecular formula is C32H56N6O3. The first-order valence-corrected chi connectivity index (χ1v) is 15.5. The van der Waals surface area contributed by atoms with Crippen LogP contribution < -0.4 is 20.7 Å². The van der Waals surface area contributed by atoms with Gasteiger partial charge in [-0.25, -0.2) is 4.99 Å². The number of amides is 1. The van der Waals surface area contributed by atoms with Gasteiger partial charge in [0.25, 0.3) is 5.91 Å². The molecule has 0 unspecified atom stereocenters. The van der Waals surface area contributed by atoms with E-state index in [-0.39, 0.29) is 0 Å². The van der Waals surface area contributed by atoms with E-state index < -0.39 is 5.91 Å². The van der Waals surface area contributed by atoms with Gasteiger partial charge in [-0.05, 0) is 25.0 Å². The quantitative estimate of drug-likeness (QED) is 0.458. The summed E-state index contributed by atoms with van der Waals surface area (Å²) in [5.74, 6) is 0.813. The molecule has 41 heavy (non-hydrogen) atoms. The molecule has 5 rings (SSSR count). The van der Waals surface area contributed by atoms with E-state index in [1.54, 1.807) is 19.1 Å². The molecule has 3 aliphatic heterocycles. The average molecular weight is 573 g/mol. The lowest BCUT2D eigenvalue weighted by Gasteiger charge is -2.41. The van der Waals surface area contributed by atoms with Crippen LogP contribution in [0.15, 0.2) is 47.2 Å². The van der Waals surface area contributed by atoms with Crippen LogP contribution in [0.4, 0.5) is 11.4 Å². The smallest absolute Gasteiger partial charge is 0.252 e. The number of carbonyl (C=O) groups is 1. The van der Waals surface area contributed by atoms with Crippen LogP contribution in [0.5, 0.6) is 5.75 Å². The number of methoxy groups -OCH3 is 1. The van der Waals surface area contributed by atoms with Gasteiger partial charge >= 0.3 is 0 Å². The molecule has 1 aliphatic carbocycles. The number of hydrogen-bond donors (Lipinski definition) is 2. The van der Waals surface area contributed by atoms with Gasteiger partial charge in [0, 0.05) is 70.4 Å². The summed E-state index contributed by atoms with van der Waals surface area (Å²) >= 11 is 0. The molecule has 4 aliphatic rings. The normalized spacial score (nSPS) is 18.3. The van der Waals surface area contributed by atoms with Crippen molar-refractivity contribution >= 4 is 23.2 Å². The maximum atomic E-state index is 11.5. The Morgan fingerprint density at radius 2 is 1.61 bits per heavy atom. The van der Waals surface area contributed by atoms with E-state index in [1.807, 2.05) is 53.7 Å². The summed E-state index contributed by atoms with van der Waals surface area (Å²) in [5, 5.41) is 3.28. The number of nitrogens with two attached hydrogens (primary N) is 1. The van der Waals surface area contributed by atoms with Gasteiger partial charge in [-0.3, -0.25) is 9.69 Å². The number of hydrogen-bond acceptors (Lipinski definition) is 8. The Balaban J connectivity index is 0.000000829. The molecule has 0 spiro atoms. The van der Waals surface area contributed by atoms with Crippen LogP contribution in [0.3, 0.4) is 0 Å². The SMILES string of the molecule is C1CC1.C=C1C(C(N)=O)=CN=C(Nc2ccc(N3CCN(C4CCOCC4)CC3)c(OC)c2)N1C.CC.CC.CC. The first-order chi connectivity index (χ1) is 20.0. The Kier molecular flexibility index (Phi) is 17.5. The summed E-state index contributed by atoms with van der Waals surface area (Å²) in [6, 6.07) is 6.70. The predicted molar refractivity (Wildman–Crippen MR) is 174 cm³/mol. The van der Waals surface area contributed by atoms with E-state index in [4.69, 9.17) is 15.2 Å². The van der Waals surface area contributed by atoms with Crippen molar-refractivity contribution in [2.45, 2.75) is 79.7 Å². The highest BCUT2D eigenvalue weighted by molar-refractivity contribution is 6.03. The van der Waals surface area contributed by atoms with E-state index in [0.717, 1.165) is 69.4 Å². The Hall–Kier alpha value is -3.04. The molecule has 9 heteroatoms. The lowest BCUT2D eigenvalue weighted by molar-refractivity contribution is -0.114. The van der Waals surface area contributed by atoms with Gasteiger partial charge in [0.05, 0.1) is 24.1 Å². The fourth-order valence-electron chi connectivity index (χ4n) is 4.44. The number of nitrogens with zero attached hydrogens (tertiary/aromatic N) is 4. The first-order valence-electron chi connectivity index (χ1n) is 15.5. The van der Waals surface area contributed by atoms with Crippen molar-refractivity contribution in [2.24, 2.45) is 10.7 Å². The molecule has 0 atom stereocenters. The van der Waals surface area contributed by atoms with Gasteiger partial charge in [-0.2, -0.15) is 0 Å². The number of anilines is 2. The van der Waals surface area contributed by atoms with Gasteiger partial charge in [-0.15, -0.1) is 0 Å². The summed E-state index contributed by atoms with van der Waals surface area (Å²) in [6.45, 7) is 21.7. The lowest BCUT2D eigenvalue weighted by atomic mass is 10.1. The summed E-state index contributed by atoms with van der Waals surface area (Å²) < 4.78 is 11.2. The van der Waals surface area contributed by atoms with Crippen molar-refractivity contribution < 1.29 is 14.3 Å². The van der Waals surface area contributed by atoms with Crippen LogP contribution in [-0.2, 0) is 9.53 Å². The number of benzene rings is 1. The second kappa shape index (κ2) is 19.9. The Morgan fingerprint density at radius 3 is 2.12 bits per heavy atom. The van der Waals surface area contributed by atoms with E-state index in [1.165, 1.54) is 25.5 Å². The zero-order valence-corrected chi connectivity index (χ0v) is 27.0. The van der Waals surface area contributed by atoms with Crippen LogP contribution in [0.2, 0.25) is 0 Å². The molecule has 3 heterocycles. The number of carbonyl (C=O) groups excluding carboxylic acids is 1. The summed E-state index contributed by atoms with van der Waals surface area (Å²) in [5.41, 5.74) is 8.10. The second-order valence-electron chi connectivity index (χ2n) is 9.30. The Labute approximate surface area is 249 Å². The number of nitrogens with one attached hydrogen (secondary N) is 1. The van der Waals surface area contributed by atoms with E-state index in [9.17, 15) is 4.79 Å². The molecule has 0 bridgehead atoms. The molecule has 0 aromatic heterocycles. The first kappa shape index (κ1) is 36.0. The van der Waals surface area contributed by atoms with Crippen molar-refractivity contribution in [3.05, 3.63) is 42.2 Å². The third kappa shape index (κ3) is 11.0. The Bertz CT molecular complexity index is 975. The van der Waals surface area contributed by atoms with Crippen molar-refractivity contribution in [1.29, 1.82) is 0 Å². The van der Waals surface area contributed by atoms with Gasteiger partial charge in [-0.1, -0.05) is 67.4 Å². The lowest BCUT2D eigenvalue weighted by Crippen LogP contribution is -2.51. The number of guanidine groups is 1. The van der Waals surface area contributed by atoms with Gasteiger partial charge in [0.1, 0.15) is 5.75 Å². The monoisotopic (exact) mass is 572 g/mol. The van der Waals surface area contributed by atoms with Crippen LogP contribution >= 0.6 is 0 Å². The molecule has 0 radical (unpaired) electrons. The number of piperazine rings is 1. The molecule has 1 aromatic carbocycles. The zero-order valence-electron chi connectivity index (χ0n) is 27.0. The maximum Gasteiger partial charge on any atom is 0.252 e. The second-order valence-corrected chi connectivity index (χ2v) is 9.30. The summed E-state index contributed by atoms with van der Waals surface area (Å²) in [7, 11) is 3.47. The molecule has 1 amide bonds. The molecule has 9 nitrogen and oxygen atoms in total. The standard InChI is InChI=1S/C23H32N6O3.C3H6.3C2H6/c1-16-19(22(24)30)15-25-23(27(16)2)26-17-4-5-20(21(14-17)31-3)29-10-8-28(9-11-29)18-6-12-32-13-7-18;1-2-3-1;3*1-2/h4-5,14-15,18H,1,6-13H2,2-3H3,(H2,24,30)(H,25,26);1-3H2;3*1-2H3. The third-order valence-corrected chi connectivity index (χ3v) is 6.77. The van der Waals surface area contributed by atoms with Gasteiger partial charge in [0.2, 0.25) is 5.96 Å². The van der Waals surface area contributed by atoms with E-state index in [0.29, 0.717) is 23.3 Å². The van der Waals surface area contributed by atoms with Crippen molar-refractivity contribution in [2.75, 3.05) is 63.8 Å². The highest BCUT2D eigenvalue weighted by atomic mass is 16.5. The van der Waals surface area contributed by atoms with Crippen LogP contribution in [0.25, 0.3) is 0 Å². The van der Waals surface area contributed by atoms with Crippen LogP contribution in [0, 0.1) is 0 Å². The molecule has 1 aromatic rings. The van der Waals surface area contributed by atoms with Crippen LogP contribution in [-0.4, -0.2) is 81.3 Å². The number of aliphatic imine (C=N–C) groups is 1. The maximum absolute atomic E-state index is 11.5. The topological polar surface area (TPSA) is 95.7 Å². The third-order valence-electron chi connectivity index (χ3n) is 6.77. The van der Waals surface area contributed by atoms with Crippen molar-refractivity contribution in [3.63, 3.8) is 0 Å². The van der Waals surface area contributed by atoms with E-state index in [2.05, 4.69) is 32.8 Å². The fourth-order valence-corrected chi connectivity index (χ4v) is 4.44. The number of primary amides is 1. The largest absolute Gasteiger partial charge is 0.495 e. The fraction of sp³-hybridized carbons (Fsp3) is 0.625. The minimum Gasteiger partial charge on any atom is -0.495 e. The molecule has 3 fully saturated rings. The molecule has 232 valence electrons. The number of rotatable bonds is 5. The molecule has 1 saturated carbocycles. The zero-order chi connectivity index (χ0) is 30.8. The summed E-state index contributed by atoms with van der Waals surface area (Å²) in [6.07, 6.45) is 8.20. The number of likely N-dealkylation sites (N-methyl/N-ethyl adjacent to an activating group) is 1. The average Bonchev–Trinajstić information content (AvgIpc) is 3.93. The van der Waals surface area contributed by atoms with Crippen molar-refractivity contribution in [1.82, 2.24) is 9.80 Å². The highest BCUT2D eigenvalue weighted by Crippen LogP contribution is 2.33. The Morgan fingerprint density at radius 1 is 1.02 bits per heavy atom. The van der Waals surface area contributed by atoms with Crippen LogP contribution in [0.1, 0.15) is 73.6 Å². The van der Waals surface area contributed by atoms with Crippen molar-refractivity contribution in [3.8, 4) is 5.75 Å². The summed E-state index contributed by atoms with van der Waals surface area (Å²) in [4.78, 5) is 22.5. The molecule has 2 saturated heterocycles. The van der Waals surface area contributed by atoms with Gasteiger partial charge < -0.3 is 30.3 Å². The van der Waals surface area contributed by atoms with E-state index >= 15 is 0 Å².